The number of carbonyl (C=O) groups is 1. The van der Waals surface area contributed by atoms with E-state index >= 15 is 0 Å². The van der Waals surface area contributed by atoms with Gasteiger partial charge in [0.2, 0.25) is 11.8 Å². The highest BCUT2D eigenvalue weighted by Crippen LogP contribution is 2.25. The molecule has 0 atom stereocenters. The van der Waals surface area contributed by atoms with Gasteiger partial charge in [0.1, 0.15) is 12.4 Å². The van der Waals surface area contributed by atoms with Crippen LogP contribution >= 0.6 is 0 Å². The number of halogens is 2. The smallest absolute Gasteiger partial charge is 0.387 e. The van der Waals surface area contributed by atoms with Crippen LogP contribution in [0.25, 0.3) is 0 Å². The Morgan fingerprint density at radius 3 is 2.76 bits per heavy atom. The second-order valence-corrected chi connectivity index (χ2v) is 3.89. The van der Waals surface area contributed by atoms with Crippen molar-refractivity contribution in [2.45, 2.75) is 13.2 Å². The summed E-state index contributed by atoms with van der Waals surface area (Å²) in [5.74, 6) is -0.981. The highest BCUT2D eigenvalue weighted by atomic mass is 19.3. The van der Waals surface area contributed by atoms with Crippen molar-refractivity contribution in [3.8, 4) is 11.6 Å². The van der Waals surface area contributed by atoms with Gasteiger partial charge in [0.15, 0.2) is 0 Å². The standard InChI is InChI=1S/C12H11F2N3O4/c13-12(14)21-9-3-1-2-7(11(15)18)8(9)6-20-10-4-5-17(19)16-10/h1-5,12,19H,6H2,(H2,15,18). The number of nitrogens with zero attached hydrogens (tertiary/aromatic N) is 2. The largest absolute Gasteiger partial charge is 0.471 e. The minimum atomic E-state index is -3.05. The lowest BCUT2D eigenvalue weighted by Gasteiger charge is -2.13. The van der Waals surface area contributed by atoms with Crippen molar-refractivity contribution in [1.82, 2.24) is 9.94 Å². The lowest BCUT2D eigenvalue weighted by Crippen LogP contribution is -2.17. The molecule has 0 fully saturated rings. The molecule has 0 saturated carbocycles. The number of rotatable bonds is 6. The van der Waals surface area contributed by atoms with Gasteiger partial charge < -0.3 is 20.4 Å². The van der Waals surface area contributed by atoms with Crippen LogP contribution in [0.1, 0.15) is 15.9 Å². The molecule has 0 spiro atoms. The van der Waals surface area contributed by atoms with Crippen molar-refractivity contribution >= 4 is 5.91 Å². The molecule has 1 aromatic carbocycles. The number of carbonyl (C=O) groups excluding carboxylic acids is 1. The van der Waals surface area contributed by atoms with E-state index < -0.39 is 12.5 Å². The Labute approximate surface area is 117 Å². The van der Waals surface area contributed by atoms with Gasteiger partial charge in [-0.05, 0) is 12.1 Å². The van der Waals surface area contributed by atoms with E-state index in [4.69, 9.17) is 15.7 Å². The number of nitrogens with two attached hydrogens (primary N) is 1. The normalized spacial score (nSPS) is 10.6. The predicted molar refractivity (Wildman–Crippen MR) is 65.3 cm³/mol. The molecule has 7 nitrogen and oxygen atoms in total. The third-order valence-corrected chi connectivity index (χ3v) is 2.53. The zero-order valence-electron chi connectivity index (χ0n) is 10.6. The van der Waals surface area contributed by atoms with Gasteiger partial charge in [-0.15, -0.1) is 4.85 Å². The first-order chi connectivity index (χ1) is 9.97. The topological polar surface area (TPSA) is 99.6 Å². The molecule has 0 aliphatic carbocycles. The SMILES string of the molecule is NC(=O)c1cccc(OC(F)F)c1COc1ccn(O)n1. The Kier molecular flexibility index (Phi) is 4.21. The van der Waals surface area contributed by atoms with Gasteiger partial charge in [-0.3, -0.25) is 4.79 Å². The van der Waals surface area contributed by atoms with E-state index in [0.29, 0.717) is 4.85 Å². The van der Waals surface area contributed by atoms with Crippen LogP contribution in [0.15, 0.2) is 30.5 Å². The number of alkyl halides is 2. The van der Waals surface area contributed by atoms with E-state index in [-0.39, 0.29) is 29.4 Å². The van der Waals surface area contributed by atoms with Crippen LogP contribution < -0.4 is 15.2 Å². The third-order valence-electron chi connectivity index (χ3n) is 2.53. The maximum atomic E-state index is 12.4. The fourth-order valence-corrected chi connectivity index (χ4v) is 1.67. The molecule has 0 saturated heterocycles. The summed E-state index contributed by atoms with van der Waals surface area (Å²) in [4.78, 5) is 11.9. The van der Waals surface area contributed by atoms with Gasteiger partial charge in [0.25, 0.3) is 0 Å². The van der Waals surface area contributed by atoms with Crippen LogP contribution in [0.2, 0.25) is 0 Å². The zero-order valence-corrected chi connectivity index (χ0v) is 10.6. The molecule has 9 heteroatoms. The molecule has 3 N–H and O–H groups in total. The molecular weight excluding hydrogens is 288 g/mol. The van der Waals surface area contributed by atoms with E-state index in [1.165, 1.54) is 30.5 Å². The van der Waals surface area contributed by atoms with E-state index in [9.17, 15) is 13.6 Å². The summed E-state index contributed by atoms with van der Waals surface area (Å²) in [6.07, 6.45) is 1.21. The maximum absolute atomic E-state index is 12.4. The van der Waals surface area contributed by atoms with Crippen LogP contribution in [-0.2, 0) is 6.61 Å². The van der Waals surface area contributed by atoms with E-state index in [0.717, 1.165) is 0 Å². The van der Waals surface area contributed by atoms with Crippen molar-refractivity contribution < 1.29 is 28.3 Å². The average Bonchev–Trinajstić information content (AvgIpc) is 2.82. The quantitative estimate of drug-likeness (QED) is 0.785. The number of aromatic nitrogens is 2. The van der Waals surface area contributed by atoms with Crippen molar-refractivity contribution in [2.24, 2.45) is 5.73 Å². The van der Waals surface area contributed by atoms with Crippen LogP contribution in [0.5, 0.6) is 11.6 Å². The molecule has 2 rings (SSSR count). The Bertz CT molecular complexity index is 645. The molecule has 0 aliphatic heterocycles. The molecule has 0 aliphatic rings. The number of benzene rings is 1. The van der Waals surface area contributed by atoms with Crippen LogP contribution in [0.3, 0.4) is 0 Å². The van der Waals surface area contributed by atoms with Gasteiger partial charge in [-0.2, -0.15) is 8.78 Å². The number of hydrogen-bond donors (Lipinski definition) is 2. The first-order valence-corrected chi connectivity index (χ1v) is 5.71. The monoisotopic (exact) mass is 299 g/mol. The lowest BCUT2D eigenvalue weighted by molar-refractivity contribution is -0.0509. The predicted octanol–water partition coefficient (Wildman–Crippen LogP) is 1.40. The summed E-state index contributed by atoms with van der Waals surface area (Å²) in [5, 5.41) is 12.5. The molecule has 112 valence electrons. The first-order valence-electron chi connectivity index (χ1n) is 5.71. The lowest BCUT2D eigenvalue weighted by atomic mass is 10.1. The van der Waals surface area contributed by atoms with Gasteiger partial charge in [0, 0.05) is 17.2 Å². The second kappa shape index (κ2) is 6.07. The molecule has 21 heavy (non-hydrogen) atoms. The number of ether oxygens (including phenoxy) is 2. The molecule has 2 aromatic rings. The van der Waals surface area contributed by atoms with E-state index in [1.807, 2.05) is 0 Å². The highest BCUT2D eigenvalue weighted by molar-refractivity contribution is 5.95. The summed E-state index contributed by atoms with van der Waals surface area (Å²) in [6.45, 7) is -3.33. The average molecular weight is 299 g/mol. The zero-order chi connectivity index (χ0) is 15.4. The minimum Gasteiger partial charge on any atom is -0.471 e. The van der Waals surface area contributed by atoms with Crippen molar-refractivity contribution in [2.75, 3.05) is 0 Å². The fourth-order valence-electron chi connectivity index (χ4n) is 1.67. The summed E-state index contributed by atoms with van der Waals surface area (Å²) in [6, 6.07) is 5.34. The Morgan fingerprint density at radius 2 is 2.19 bits per heavy atom. The Morgan fingerprint density at radius 1 is 1.43 bits per heavy atom. The van der Waals surface area contributed by atoms with E-state index in [2.05, 4.69) is 9.84 Å². The van der Waals surface area contributed by atoms with Gasteiger partial charge in [-0.25, -0.2) is 0 Å². The Balaban J connectivity index is 2.27. The van der Waals surface area contributed by atoms with E-state index in [1.54, 1.807) is 0 Å². The molecule has 1 amide bonds. The minimum absolute atomic E-state index is 0.00317. The maximum Gasteiger partial charge on any atom is 0.387 e. The molecule has 0 radical (unpaired) electrons. The molecular formula is C12H11F2N3O4. The van der Waals surface area contributed by atoms with Gasteiger partial charge in [0.05, 0.1) is 6.20 Å². The van der Waals surface area contributed by atoms with Crippen molar-refractivity contribution in [1.29, 1.82) is 0 Å². The van der Waals surface area contributed by atoms with Crippen LogP contribution in [0, 0.1) is 0 Å². The summed E-state index contributed by atoms with van der Waals surface area (Å²) in [7, 11) is 0. The Hall–Kier alpha value is -2.84. The molecule has 0 unspecified atom stereocenters. The molecule has 1 heterocycles. The van der Waals surface area contributed by atoms with Crippen molar-refractivity contribution in [3.63, 3.8) is 0 Å². The summed E-state index contributed by atoms with van der Waals surface area (Å²) < 4.78 is 34.3. The molecule has 0 bridgehead atoms. The highest BCUT2D eigenvalue weighted by Gasteiger charge is 2.17. The number of hydrogen-bond acceptors (Lipinski definition) is 5. The van der Waals surface area contributed by atoms with Crippen LogP contribution in [0.4, 0.5) is 8.78 Å². The number of primary amides is 1. The first kappa shape index (κ1) is 14.6. The molecule has 1 aromatic heterocycles. The second-order valence-electron chi connectivity index (χ2n) is 3.89. The summed E-state index contributed by atoms with van der Waals surface area (Å²) in [5.41, 5.74) is 5.25. The van der Waals surface area contributed by atoms with Gasteiger partial charge >= 0.3 is 6.61 Å². The summed E-state index contributed by atoms with van der Waals surface area (Å²) >= 11 is 0. The van der Waals surface area contributed by atoms with Gasteiger partial charge in [-0.1, -0.05) is 11.2 Å². The van der Waals surface area contributed by atoms with Crippen molar-refractivity contribution in [3.05, 3.63) is 41.6 Å². The van der Waals surface area contributed by atoms with Crippen LogP contribution in [-0.4, -0.2) is 27.7 Å². The third kappa shape index (κ3) is 3.59. The number of amides is 1. The fraction of sp³-hybridized carbons (Fsp3) is 0.167.